The Balaban J connectivity index is 1.93. The molecule has 17 heavy (non-hydrogen) atoms. The van der Waals surface area contributed by atoms with Crippen molar-refractivity contribution in [3.63, 3.8) is 0 Å². The van der Waals surface area contributed by atoms with Crippen LogP contribution in [-0.4, -0.2) is 16.3 Å². The molecule has 1 aromatic carbocycles. The van der Waals surface area contributed by atoms with Crippen LogP contribution in [0.2, 0.25) is 0 Å². The summed E-state index contributed by atoms with van der Waals surface area (Å²) < 4.78 is 0. The predicted octanol–water partition coefficient (Wildman–Crippen LogP) is 2.93. The number of hydrogen-bond donors (Lipinski definition) is 3. The Bertz CT molecular complexity index is 414. The summed E-state index contributed by atoms with van der Waals surface area (Å²) >= 11 is 5.28. The number of thiocarbonyl (C=S) groups is 1. The van der Waals surface area contributed by atoms with Gasteiger partial charge in [-0.3, -0.25) is 0 Å². The minimum absolute atomic E-state index is 0.280. The third-order valence-electron chi connectivity index (χ3n) is 3.15. The third-order valence-corrected chi connectivity index (χ3v) is 3.37. The predicted molar refractivity (Wildman–Crippen MR) is 74.5 cm³/mol. The van der Waals surface area contributed by atoms with Gasteiger partial charge in [0.1, 0.15) is 5.75 Å². The maximum atomic E-state index is 9.33. The number of aromatic hydroxyl groups is 1. The fourth-order valence-corrected chi connectivity index (χ4v) is 2.48. The molecule has 4 heteroatoms. The second-order valence-corrected chi connectivity index (χ2v) is 4.99. The number of aryl methyl sites for hydroxylation is 1. The molecule has 1 fully saturated rings. The molecule has 1 aliphatic carbocycles. The first-order valence-corrected chi connectivity index (χ1v) is 6.43. The molecule has 2 rings (SSSR count). The zero-order valence-corrected chi connectivity index (χ0v) is 10.8. The molecule has 0 radical (unpaired) electrons. The molecule has 0 unspecified atom stereocenters. The molecule has 1 aliphatic rings. The Morgan fingerprint density at radius 3 is 2.71 bits per heavy atom. The normalized spacial score (nSPS) is 15.8. The van der Waals surface area contributed by atoms with Crippen molar-refractivity contribution in [1.29, 1.82) is 0 Å². The van der Waals surface area contributed by atoms with E-state index in [0.29, 0.717) is 11.2 Å². The molecule has 0 spiro atoms. The summed E-state index contributed by atoms with van der Waals surface area (Å²) in [5.41, 5.74) is 1.93. The molecule has 0 aliphatic heterocycles. The lowest BCUT2D eigenvalue weighted by atomic mass is 10.2. The van der Waals surface area contributed by atoms with Crippen LogP contribution in [0.3, 0.4) is 0 Å². The van der Waals surface area contributed by atoms with Gasteiger partial charge in [-0.2, -0.15) is 0 Å². The summed E-state index contributed by atoms with van der Waals surface area (Å²) in [6, 6.07) is 5.74. The van der Waals surface area contributed by atoms with Crippen molar-refractivity contribution >= 4 is 23.0 Å². The van der Waals surface area contributed by atoms with Gasteiger partial charge in [0.15, 0.2) is 5.11 Å². The fraction of sp³-hybridized carbons (Fsp3) is 0.462. The standard InChI is InChI=1S/C13H18N2OS/c1-9-8-11(16)6-7-12(9)15-13(17)14-10-4-2-3-5-10/h6-8,10,16H,2-5H2,1H3,(H2,14,15,17). The largest absolute Gasteiger partial charge is 0.508 e. The van der Waals surface area contributed by atoms with Crippen LogP contribution >= 0.6 is 12.2 Å². The van der Waals surface area contributed by atoms with E-state index in [4.69, 9.17) is 12.2 Å². The highest BCUT2D eigenvalue weighted by Gasteiger charge is 2.15. The monoisotopic (exact) mass is 250 g/mol. The summed E-state index contributed by atoms with van der Waals surface area (Å²) in [5, 5.41) is 16.5. The second kappa shape index (κ2) is 5.36. The molecule has 0 amide bonds. The Kier molecular flexibility index (Phi) is 3.84. The van der Waals surface area contributed by atoms with E-state index in [-0.39, 0.29) is 5.75 Å². The topological polar surface area (TPSA) is 44.3 Å². The van der Waals surface area contributed by atoms with Crippen molar-refractivity contribution in [2.24, 2.45) is 0 Å². The maximum Gasteiger partial charge on any atom is 0.171 e. The number of nitrogens with one attached hydrogen (secondary N) is 2. The van der Waals surface area contributed by atoms with Gasteiger partial charge in [-0.1, -0.05) is 12.8 Å². The zero-order valence-electron chi connectivity index (χ0n) is 9.99. The lowest BCUT2D eigenvalue weighted by Gasteiger charge is -2.16. The molecule has 0 heterocycles. The van der Waals surface area contributed by atoms with Crippen LogP contribution < -0.4 is 10.6 Å². The van der Waals surface area contributed by atoms with Gasteiger partial charge in [-0.05, 0) is 55.7 Å². The SMILES string of the molecule is Cc1cc(O)ccc1NC(=S)NC1CCCC1. The van der Waals surface area contributed by atoms with E-state index >= 15 is 0 Å². The summed E-state index contributed by atoms with van der Waals surface area (Å²) in [6.45, 7) is 1.94. The van der Waals surface area contributed by atoms with Crippen molar-refractivity contribution < 1.29 is 5.11 Å². The van der Waals surface area contributed by atoms with E-state index < -0.39 is 0 Å². The highest BCUT2D eigenvalue weighted by Crippen LogP contribution is 2.21. The van der Waals surface area contributed by atoms with Gasteiger partial charge in [-0.25, -0.2) is 0 Å². The van der Waals surface area contributed by atoms with Crippen LogP contribution in [0.15, 0.2) is 18.2 Å². The van der Waals surface area contributed by atoms with Gasteiger partial charge < -0.3 is 15.7 Å². The first kappa shape index (κ1) is 12.2. The van der Waals surface area contributed by atoms with Crippen LogP contribution in [0, 0.1) is 6.92 Å². The summed E-state index contributed by atoms with van der Waals surface area (Å²) in [5.74, 6) is 0.280. The van der Waals surface area contributed by atoms with Crippen LogP contribution in [0.25, 0.3) is 0 Å². The highest BCUT2D eigenvalue weighted by atomic mass is 32.1. The number of anilines is 1. The van der Waals surface area contributed by atoms with E-state index in [1.165, 1.54) is 25.7 Å². The second-order valence-electron chi connectivity index (χ2n) is 4.58. The van der Waals surface area contributed by atoms with Crippen LogP contribution in [0.4, 0.5) is 5.69 Å². The van der Waals surface area contributed by atoms with Gasteiger partial charge in [0.25, 0.3) is 0 Å². The summed E-state index contributed by atoms with van der Waals surface area (Å²) in [4.78, 5) is 0. The minimum atomic E-state index is 0.280. The van der Waals surface area contributed by atoms with Crippen molar-refractivity contribution in [3.05, 3.63) is 23.8 Å². The molecular formula is C13H18N2OS. The average Bonchev–Trinajstić information content (AvgIpc) is 2.75. The molecule has 1 aromatic rings. The van der Waals surface area contributed by atoms with Crippen LogP contribution in [0.1, 0.15) is 31.2 Å². The Labute approximate surface area is 107 Å². The summed E-state index contributed by atoms with van der Waals surface area (Å²) in [6.07, 6.45) is 4.99. The molecule has 0 atom stereocenters. The van der Waals surface area contributed by atoms with E-state index in [2.05, 4.69) is 10.6 Å². The first-order valence-electron chi connectivity index (χ1n) is 6.02. The lowest BCUT2D eigenvalue weighted by molar-refractivity contribution is 0.475. The van der Waals surface area contributed by atoms with E-state index in [1.807, 2.05) is 13.0 Å². The minimum Gasteiger partial charge on any atom is -0.508 e. The van der Waals surface area contributed by atoms with Gasteiger partial charge >= 0.3 is 0 Å². The van der Waals surface area contributed by atoms with Gasteiger partial charge in [0.2, 0.25) is 0 Å². The molecule has 92 valence electrons. The number of rotatable bonds is 2. The zero-order chi connectivity index (χ0) is 12.3. The van der Waals surface area contributed by atoms with Gasteiger partial charge in [-0.15, -0.1) is 0 Å². The number of phenolic OH excluding ortho intramolecular Hbond substituents is 1. The van der Waals surface area contributed by atoms with E-state index in [0.717, 1.165) is 11.3 Å². The van der Waals surface area contributed by atoms with Crippen molar-refractivity contribution in [1.82, 2.24) is 5.32 Å². The quantitative estimate of drug-likeness (QED) is 0.558. The van der Waals surface area contributed by atoms with Crippen LogP contribution in [-0.2, 0) is 0 Å². The van der Waals surface area contributed by atoms with Crippen molar-refractivity contribution in [2.45, 2.75) is 38.6 Å². The molecular weight excluding hydrogens is 232 g/mol. The molecule has 0 saturated heterocycles. The third kappa shape index (κ3) is 3.33. The molecule has 3 N–H and O–H groups in total. The van der Waals surface area contributed by atoms with E-state index in [1.54, 1.807) is 12.1 Å². The Hall–Kier alpha value is -1.29. The smallest absolute Gasteiger partial charge is 0.171 e. The number of benzene rings is 1. The van der Waals surface area contributed by atoms with E-state index in [9.17, 15) is 5.11 Å². The highest BCUT2D eigenvalue weighted by molar-refractivity contribution is 7.80. The molecule has 0 bridgehead atoms. The Morgan fingerprint density at radius 1 is 1.35 bits per heavy atom. The number of phenols is 1. The molecule has 0 aromatic heterocycles. The van der Waals surface area contributed by atoms with Crippen molar-refractivity contribution in [3.8, 4) is 5.75 Å². The van der Waals surface area contributed by atoms with Crippen LogP contribution in [0.5, 0.6) is 5.75 Å². The van der Waals surface area contributed by atoms with Gasteiger partial charge in [0.05, 0.1) is 0 Å². The fourth-order valence-electron chi connectivity index (χ4n) is 2.20. The maximum absolute atomic E-state index is 9.33. The average molecular weight is 250 g/mol. The number of hydrogen-bond acceptors (Lipinski definition) is 2. The lowest BCUT2D eigenvalue weighted by Crippen LogP contribution is -2.36. The molecule has 1 saturated carbocycles. The van der Waals surface area contributed by atoms with Gasteiger partial charge in [0, 0.05) is 11.7 Å². The Morgan fingerprint density at radius 2 is 2.06 bits per heavy atom. The first-order chi connectivity index (χ1) is 8.15. The van der Waals surface area contributed by atoms with Crippen molar-refractivity contribution in [2.75, 3.05) is 5.32 Å². The molecule has 3 nitrogen and oxygen atoms in total. The summed E-state index contributed by atoms with van der Waals surface area (Å²) in [7, 11) is 0.